The van der Waals surface area contributed by atoms with Crippen LogP contribution in [0.3, 0.4) is 0 Å². The minimum absolute atomic E-state index is 0.474. The second kappa shape index (κ2) is 8.76. The molecule has 1 unspecified atom stereocenters. The van der Waals surface area contributed by atoms with Crippen molar-refractivity contribution in [3.8, 4) is 5.75 Å². The first-order valence-corrected chi connectivity index (χ1v) is 7.25. The Hall–Kier alpha value is -1.28. The van der Waals surface area contributed by atoms with Crippen molar-refractivity contribution in [1.29, 1.82) is 0 Å². The maximum absolute atomic E-state index is 5.81. The Balaban J connectivity index is 2.37. The van der Waals surface area contributed by atoms with Gasteiger partial charge in [0.25, 0.3) is 0 Å². The van der Waals surface area contributed by atoms with E-state index >= 15 is 0 Å². The van der Waals surface area contributed by atoms with Crippen molar-refractivity contribution >= 4 is 0 Å². The summed E-state index contributed by atoms with van der Waals surface area (Å²) in [6.45, 7) is 12.2. The molecule has 1 aromatic carbocycles. The molecule has 0 fully saturated rings. The number of aryl methyl sites for hydroxylation is 1. The van der Waals surface area contributed by atoms with Crippen LogP contribution < -0.4 is 10.1 Å². The van der Waals surface area contributed by atoms with Crippen molar-refractivity contribution in [1.82, 2.24) is 5.32 Å². The van der Waals surface area contributed by atoms with Crippen LogP contribution in [0.2, 0.25) is 0 Å². The molecule has 0 amide bonds. The molecule has 1 N–H and O–H groups in total. The van der Waals surface area contributed by atoms with Crippen LogP contribution in [0.5, 0.6) is 5.75 Å². The number of ether oxygens (including phenoxy) is 1. The Labute approximate surface area is 117 Å². The van der Waals surface area contributed by atoms with E-state index in [9.17, 15) is 0 Å². The molecule has 0 aromatic heterocycles. The van der Waals surface area contributed by atoms with Gasteiger partial charge in [-0.25, -0.2) is 0 Å². The van der Waals surface area contributed by atoms with E-state index in [0.29, 0.717) is 6.04 Å². The molecule has 1 aromatic rings. The first-order valence-electron chi connectivity index (χ1n) is 7.25. The molecule has 106 valence electrons. The monoisotopic (exact) mass is 261 g/mol. The summed E-state index contributed by atoms with van der Waals surface area (Å²) in [4.78, 5) is 0. The van der Waals surface area contributed by atoms with Crippen LogP contribution >= 0.6 is 0 Å². The minimum atomic E-state index is 0.474. The standard InChI is InChI=1S/C17H27NO/c1-5-14(3)12-16(18-6-2)10-11-19-17-9-7-8-15(4)13-17/h7-9,13,16,18H,3,5-6,10-12H2,1-2,4H3. The summed E-state index contributed by atoms with van der Waals surface area (Å²) in [6.07, 6.45) is 3.11. The fourth-order valence-corrected chi connectivity index (χ4v) is 2.08. The average molecular weight is 261 g/mol. The zero-order valence-electron chi connectivity index (χ0n) is 12.5. The van der Waals surface area contributed by atoms with Crippen molar-refractivity contribution in [3.05, 3.63) is 42.0 Å². The third-order valence-electron chi connectivity index (χ3n) is 3.25. The molecular formula is C17H27NO. The third-order valence-corrected chi connectivity index (χ3v) is 3.25. The lowest BCUT2D eigenvalue weighted by Crippen LogP contribution is -2.30. The Morgan fingerprint density at radius 2 is 2.16 bits per heavy atom. The molecule has 1 atom stereocenters. The highest BCUT2D eigenvalue weighted by molar-refractivity contribution is 5.27. The predicted octanol–water partition coefficient (Wildman–Crippen LogP) is 4.10. The van der Waals surface area contributed by atoms with Crippen molar-refractivity contribution < 1.29 is 4.74 Å². The van der Waals surface area contributed by atoms with E-state index in [1.165, 1.54) is 11.1 Å². The van der Waals surface area contributed by atoms with E-state index in [1.54, 1.807) is 0 Å². The van der Waals surface area contributed by atoms with Crippen LogP contribution in [-0.4, -0.2) is 19.2 Å². The molecule has 0 aliphatic rings. The molecular weight excluding hydrogens is 234 g/mol. The molecule has 0 heterocycles. The van der Waals surface area contributed by atoms with Crippen LogP contribution in [0.4, 0.5) is 0 Å². The molecule has 0 saturated heterocycles. The van der Waals surface area contributed by atoms with Gasteiger partial charge in [-0.1, -0.05) is 38.1 Å². The molecule has 1 rings (SSSR count). The quantitative estimate of drug-likeness (QED) is 0.676. The van der Waals surface area contributed by atoms with E-state index in [-0.39, 0.29) is 0 Å². The van der Waals surface area contributed by atoms with Gasteiger partial charge in [0.2, 0.25) is 0 Å². The lowest BCUT2D eigenvalue weighted by atomic mass is 10.0. The van der Waals surface area contributed by atoms with E-state index in [2.05, 4.69) is 44.8 Å². The highest BCUT2D eigenvalue weighted by Gasteiger charge is 2.08. The number of hydrogen-bond donors (Lipinski definition) is 1. The number of nitrogens with one attached hydrogen (secondary N) is 1. The summed E-state index contributed by atoms with van der Waals surface area (Å²) >= 11 is 0. The van der Waals surface area contributed by atoms with Gasteiger partial charge in [0.1, 0.15) is 5.75 Å². The summed E-state index contributed by atoms with van der Waals surface area (Å²) in [6, 6.07) is 8.68. The fraction of sp³-hybridized carbons (Fsp3) is 0.529. The molecule has 0 bridgehead atoms. The van der Waals surface area contributed by atoms with E-state index in [0.717, 1.165) is 38.2 Å². The van der Waals surface area contributed by atoms with Crippen LogP contribution in [0, 0.1) is 6.92 Å². The molecule has 2 heteroatoms. The Bertz CT molecular complexity index is 387. The lowest BCUT2D eigenvalue weighted by Gasteiger charge is -2.19. The highest BCUT2D eigenvalue weighted by atomic mass is 16.5. The fourth-order valence-electron chi connectivity index (χ4n) is 2.08. The van der Waals surface area contributed by atoms with Gasteiger partial charge in [-0.15, -0.1) is 0 Å². The second-order valence-corrected chi connectivity index (χ2v) is 5.02. The summed E-state index contributed by atoms with van der Waals surface area (Å²) in [5.74, 6) is 0.963. The maximum Gasteiger partial charge on any atom is 0.119 e. The smallest absolute Gasteiger partial charge is 0.119 e. The SMILES string of the molecule is C=C(CC)CC(CCOc1cccc(C)c1)NCC. The van der Waals surface area contributed by atoms with Crippen LogP contribution in [-0.2, 0) is 0 Å². The molecule has 0 radical (unpaired) electrons. The minimum Gasteiger partial charge on any atom is -0.494 e. The van der Waals surface area contributed by atoms with Crippen LogP contribution in [0.15, 0.2) is 36.4 Å². The second-order valence-electron chi connectivity index (χ2n) is 5.02. The average Bonchev–Trinajstić information content (AvgIpc) is 2.39. The number of rotatable bonds is 9. The Morgan fingerprint density at radius 3 is 2.79 bits per heavy atom. The lowest BCUT2D eigenvalue weighted by molar-refractivity contribution is 0.285. The molecule has 0 spiro atoms. The zero-order chi connectivity index (χ0) is 14.1. The van der Waals surface area contributed by atoms with Gasteiger partial charge in [0, 0.05) is 6.04 Å². The van der Waals surface area contributed by atoms with Gasteiger partial charge in [0.15, 0.2) is 0 Å². The molecule has 0 aliphatic carbocycles. The normalized spacial score (nSPS) is 12.2. The van der Waals surface area contributed by atoms with Gasteiger partial charge in [-0.3, -0.25) is 0 Å². The number of hydrogen-bond acceptors (Lipinski definition) is 2. The predicted molar refractivity (Wildman–Crippen MR) is 82.8 cm³/mol. The van der Waals surface area contributed by atoms with Crippen LogP contribution in [0.25, 0.3) is 0 Å². The molecule has 0 saturated carbocycles. The Morgan fingerprint density at radius 1 is 1.37 bits per heavy atom. The van der Waals surface area contributed by atoms with Crippen molar-refractivity contribution in [3.63, 3.8) is 0 Å². The van der Waals surface area contributed by atoms with Crippen LogP contribution in [0.1, 0.15) is 38.7 Å². The number of benzene rings is 1. The zero-order valence-corrected chi connectivity index (χ0v) is 12.5. The summed E-state index contributed by atoms with van der Waals surface area (Å²) in [5.41, 5.74) is 2.54. The van der Waals surface area contributed by atoms with Gasteiger partial charge in [-0.05, 0) is 50.4 Å². The maximum atomic E-state index is 5.81. The summed E-state index contributed by atoms with van der Waals surface area (Å²) in [7, 11) is 0. The largest absolute Gasteiger partial charge is 0.494 e. The molecule has 0 aliphatic heterocycles. The third kappa shape index (κ3) is 6.44. The van der Waals surface area contributed by atoms with Crippen molar-refractivity contribution in [2.45, 2.75) is 46.1 Å². The highest BCUT2D eigenvalue weighted by Crippen LogP contribution is 2.14. The van der Waals surface area contributed by atoms with Gasteiger partial charge in [0.05, 0.1) is 6.61 Å². The van der Waals surface area contributed by atoms with Gasteiger partial charge >= 0.3 is 0 Å². The molecule has 19 heavy (non-hydrogen) atoms. The first-order chi connectivity index (χ1) is 9.15. The van der Waals surface area contributed by atoms with E-state index < -0.39 is 0 Å². The first kappa shape index (κ1) is 15.8. The topological polar surface area (TPSA) is 21.3 Å². The molecule has 2 nitrogen and oxygen atoms in total. The summed E-state index contributed by atoms with van der Waals surface area (Å²) in [5, 5.41) is 3.50. The Kier molecular flexibility index (Phi) is 7.27. The van der Waals surface area contributed by atoms with E-state index in [1.807, 2.05) is 12.1 Å². The van der Waals surface area contributed by atoms with Gasteiger partial charge < -0.3 is 10.1 Å². The van der Waals surface area contributed by atoms with E-state index in [4.69, 9.17) is 4.74 Å². The van der Waals surface area contributed by atoms with Gasteiger partial charge in [-0.2, -0.15) is 0 Å². The summed E-state index contributed by atoms with van der Waals surface area (Å²) < 4.78 is 5.81. The van der Waals surface area contributed by atoms with Crippen molar-refractivity contribution in [2.24, 2.45) is 0 Å². The van der Waals surface area contributed by atoms with Crippen molar-refractivity contribution in [2.75, 3.05) is 13.2 Å².